The third kappa shape index (κ3) is 5.56. The Kier molecular flexibility index (Phi) is 9.33. The number of nitrogens with two attached hydrogens (primary N) is 1. The Labute approximate surface area is 230 Å². The van der Waals surface area contributed by atoms with E-state index in [0.717, 1.165) is 33.0 Å². The van der Waals surface area contributed by atoms with E-state index in [1.165, 1.54) is 28.9 Å². The van der Waals surface area contributed by atoms with Crippen molar-refractivity contribution in [2.45, 2.75) is 22.9 Å². The van der Waals surface area contributed by atoms with E-state index >= 15 is 0 Å². The third-order valence-corrected chi connectivity index (χ3v) is 8.14. The van der Waals surface area contributed by atoms with Gasteiger partial charge in [0.2, 0.25) is 0 Å². The number of hydrogen-bond acceptors (Lipinski definition) is 15. The summed E-state index contributed by atoms with van der Waals surface area (Å²) in [5.74, 6) is -1.99. The molecule has 0 radical (unpaired) electrons. The van der Waals surface area contributed by atoms with Crippen LogP contribution in [-0.2, 0) is 19.4 Å². The van der Waals surface area contributed by atoms with Crippen molar-refractivity contribution in [1.82, 2.24) is 23.9 Å². The predicted octanol–water partition coefficient (Wildman–Crippen LogP) is -3.64. The molecule has 0 spiro atoms. The molecular weight excluding hydrogens is 537 g/mol. The van der Waals surface area contributed by atoms with Crippen LogP contribution < -0.4 is 45.7 Å². The Morgan fingerprint density at radius 3 is 2.88 bits per heavy atom. The minimum Gasteiger partial charge on any atom is -0.543 e. The molecule has 2 aromatic rings. The molecule has 4 rings (SSSR count). The number of nitrogens with zero attached hydrogens (tertiary/aromatic N) is 5. The smallest absolute Gasteiger partial charge is 0.543 e. The van der Waals surface area contributed by atoms with Crippen LogP contribution in [0.1, 0.15) is 12.1 Å². The van der Waals surface area contributed by atoms with Gasteiger partial charge in [-0.15, -0.1) is 34.9 Å². The van der Waals surface area contributed by atoms with E-state index in [1.807, 2.05) is 0 Å². The van der Waals surface area contributed by atoms with Crippen molar-refractivity contribution in [3.8, 4) is 0 Å². The second-order valence-electron chi connectivity index (χ2n) is 6.54. The molecule has 0 bridgehead atoms. The number of carboxylic acids is 1. The monoisotopic (exact) mass is 551 g/mol. The number of anilines is 1. The van der Waals surface area contributed by atoms with Gasteiger partial charge < -0.3 is 21.0 Å². The number of thioether (sulfide) groups is 2. The van der Waals surface area contributed by atoms with Crippen LogP contribution in [0.5, 0.6) is 0 Å². The van der Waals surface area contributed by atoms with Gasteiger partial charge in [-0.05, 0) is 17.1 Å². The third-order valence-electron chi connectivity index (χ3n) is 4.63. The summed E-state index contributed by atoms with van der Waals surface area (Å²) in [5, 5.41) is 27.9. The SMILES string of the molecule is Nc1nc(/C(=N/OO)C(=O)N[C@@H]2C(=O)N3C(C(=O)[O-])=C(CCSc4cnsn4)CS[C@H]23)cs1.[Na+]. The molecule has 2 aromatic heterocycles. The number of aromatic nitrogens is 3. The fourth-order valence-corrected chi connectivity index (χ4v) is 6.53. The van der Waals surface area contributed by atoms with Crippen LogP contribution in [0.25, 0.3) is 0 Å². The van der Waals surface area contributed by atoms with Crippen molar-refractivity contribution in [3.05, 3.63) is 28.5 Å². The second-order valence-corrected chi connectivity index (χ2v) is 10.2. The Hall–Kier alpha value is -1.73. The van der Waals surface area contributed by atoms with Crippen LogP contribution in [0.3, 0.4) is 0 Å². The van der Waals surface area contributed by atoms with E-state index < -0.39 is 29.2 Å². The number of nitrogens with one attached hydrogen (secondary N) is 1. The van der Waals surface area contributed by atoms with Gasteiger partial charge >= 0.3 is 29.6 Å². The van der Waals surface area contributed by atoms with Crippen LogP contribution in [0, 0.1) is 0 Å². The number of oxime groups is 1. The van der Waals surface area contributed by atoms with E-state index in [1.54, 1.807) is 6.20 Å². The Morgan fingerprint density at radius 2 is 2.26 bits per heavy atom. The standard InChI is InChI=1S/C16H15N7O6S4.Na/c17-16-19-7(5-32-16)9(21-29-28)12(24)20-10-13(25)23-11(15(26)27)6(4-31-14(10)23)1-2-30-8-3-18-33-22-8;/h3,5,10,14,28H,1-2,4H2,(H2,17,19)(H,20,24)(H,26,27);/q;+1/p-1/b21-9-;/t10-,14-;/m1./s1. The molecule has 0 unspecified atom stereocenters. The number of rotatable bonds is 9. The van der Waals surface area contributed by atoms with Crippen molar-refractivity contribution in [1.29, 1.82) is 0 Å². The summed E-state index contributed by atoms with van der Waals surface area (Å²) >= 11 is 4.88. The first kappa shape index (κ1) is 26.9. The number of aliphatic carboxylic acids is 1. The maximum Gasteiger partial charge on any atom is 1.00 e. The number of β-lactam (4-membered cyclic amide) rings is 1. The number of fused-ring (bicyclic) bond motifs is 1. The average molecular weight is 552 g/mol. The molecule has 0 saturated carbocycles. The van der Waals surface area contributed by atoms with Crippen molar-refractivity contribution in [3.63, 3.8) is 0 Å². The number of nitrogen functional groups attached to an aromatic ring is 1. The molecular formula is C16H14N7NaO6S4. The van der Waals surface area contributed by atoms with E-state index in [0.29, 0.717) is 23.5 Å². The Morgan fingerprint density at radius 1 is 1.47 bits per heavy atom. The van der Waals surface area contributed by atoms with Crippen LogP contribution in [-0.4, -0.2) is 70.3 Å². The van der Waals surface area contributed by atoms with E-state index in [2.05, 4.69) is 29.2 Å². The van der Waals surface area contributed by atoms with Crippen LogP contribution in [0.4, 0.5) is 5.13 Å². The molecule has 1 fully saturated rings. The average Bonchev–Trinajstić information content (AvgIpc) is 3.46. The minimum absolute atomic E-state index is 0. The number of carbonyl (C=O) groups is 3. The Bertz CT molecular complexity index is 1140. The van der Waals surface area contributed by atoms with E-state index in [-0.39, 0.29) is 51.8 Å². The van der Waals surface area contributed by atoms with Crippen LogP contribution >= 0.6 is 46.6 Å². The van der Waals surface area contributed by atoms with Crippen molar-refractivity contribution >= 4 is 75.2 Å². The van der Waals surface area contributed by atoms with Gasteiger partial charge in [0.05, 0.1) is 29.6 Å². The maximum atomic E-state index is 12.8. The molecule has 13 nitrogen and oxygen atoms in total. The molecule has 2 atom stereocenters. The summed E-state index contributed by atoms with van der Waals surface area (Å²) in [6.07, 6.45) is 2.04. The first-order chi connectivity index (χ1) is 15.9. The molecule has 2 aliphatic rings. The fraction of sp³-hybridized carbons (Fsp3) is 0.312. The summed E-state index contributed by atoms with van der Waals surface area (Å²) < 4.78 is 8.00. The van der Waals surface area contributed by atoms with Crippen molar-refractivity contribution in [2.24, 2.45) is 5.16 Å². The maximum absolute atomic E-state index is 12.8. The number of hydrogen-bond donors (Lipinski definition) is 3. The molecule has 18 heteroatoms. The molecule has 174 valence electrons. The fourth-order valence-electron chi connectivity index (χ4n) is 3.21. The Balaban J connectivity index is 0.00000324. The number of carboxylic acid groups (broad SMARTS) is 1. The summed E-state index contributed by atoms with van der Waals surface area (Å²) in [5.41, 5.74) is 5.62. The van der Waals surface area contributed by atoms with Gasteiger partial charge in [0.1, 0.15) is 22.1 Å². The molecule has 2 amide bonds. The molecule has 2 aliphatic heterocycles. The van der Waals surface area contributed by atoms with E-state index in [9.17, 15) is 19.5 Å². The zero-order valence-corrected chi connectivity index (χ0v) is 22.6. The number of thiazole rings is 1. The quantitative estimate of drug-likeness (QED) is 0.0692. The number of carbonyl (C=O) groups excluding carboxylic acids is 3. The minimum atomic E-state index is -1.46. The zero-order chi connectivity index (χ0) is 23.5. The molecule has 4 heterocycles. The van der Waals surface area contributed by atoms with E-state index in [4.69, 9.17) is 11.0 Å². The van der Waals surface area contributed by atoms with Crippen LogP contribution in [0.15, 0.2) is 33.0 Å². The molecule has 4 N–H and O–H groups in total. The summed E-state index contributed by atoms with van der Waals surface area (Å²) in [6.45, 7) is 0. The first-order valence-electron chi connectivity index (χ1n) is 9.10. The summed E-state index contributed by atoms with van der Waals surface area (Å²) in [6, 6.07) is -1.01. The normalized spacial score (nSPS) is 19.7. The largest absolute Gasteiger partial charge is 1.00 e. The zero-order valence-electron chi connectivity index (χ0n) is 17.4. The topological polar surface area (TPSA) is 196 Å². The van der Waals surface area contributed by atoms with Gasteiger partial charge in [-0.25, -0.2) is 9.97 Å². The van der Waals surface area contributed by atoms with Gasteiger partial charge in [0, 0.05) is 16.9 Å². The first-order valence-corrected chi connectivity index (χ1v) is 12.7. The van der Waals surface area contributed by atoms with Gasteiger partial charge in [0.25, 0.3) is 11.8 Å². The van der Waals surface area contributed by atoms with Gasteiger partial charge in [0.15, 0.2) is 10.8 Å². The van der Waals surface area contributed by atoms with Crippen molar-refractivity contribution in [2.75, 3.05) is 17.2 Å². The van der Waals surface area contributed by atoms with Gasteiger partial charge in [-0.1, -0.05) is 0 Å². The molecule has 0 aliphatic carbocycles. The summed E-state index contributed by atoms with van der Waals surface area (Å²) in [7, 11) is 0. The number of amides is 2. The molecule has 0 aromatic carbocycles. The second kappa shape index (κ2) is 11.8. The molecule has 34 heavy (non-hydrogen) atoms. The summed E-state index contributed by atoms with van der Waals surface area (Å²) in [4.78, 5) is 46.0. The van der Waals surface area contributed by atoms with Gasteiger partial charge in [-0.2, -0.15) is 14.0 Å². The van der Waals surface area contributed by atoms with Crippen LogP contribution in [0.2, 0.25) is 0 Å². The van der Waals surface area contributed by atoms with Crippen molar-refractivity contribution < 1.29 is 59.3 Å². The predicted molar refractivity (Wildman–Crippen MR) is 119 cm³/mol. The van der Waals surface area contributed by atoms with Gasteiger partial charge in [-0.3, -0.25) is 14.5 Å². The molecule has 1 saturated heterocycles.